The van der Waals surface area contributed by atoms with Crippen LogP contribution in [0, 0.1) is 0 Å². The van der Waals surface area contributed by atoms with Crippen molar-refractivity contribution in [3.63, 3.8) is 0 Å². The number of phenolic OH excluding ortho intramolecular Hbond substituents is 1. The fourth-order valence-electron chi connectivity index (χ4n) is 2.82. The standard InChI is InChI=1S/C19H23N3O3/c1-2-24-18-11-13(7-8-16(18)23)12-21-19(20)22-15-9-10-25-17-6-4-3-5-14(15)17/h3-8,11,15,23H,2,9-10,12H2,1H3,(H3,20,21,22). The van der Waals surface area contributed by atoms with Crippen LogP contribution in [0.4, 0.5) is 0 Å². The van der Waals surface area contributed by atoms with Gasteiger partial charge in [-0.25, -0.2) is 4.99 Å². The van der Waals surface area contributed by atoms with Crippen LogP contribution in [0.3, 0.4) is 0 Å². The molecule has 2 aromatic carbocycles. The monoisotopic (exact) mass is 341 g/mol. The molecule has 0 saturated heterocycles. The number of nitrogens with two attached hydrogens (primary N) is 1. The van der Waals surface area contributed by atoms with E-state index in [0.717, 1.165) is 23.3 Å². The Hall–Kier alpha value is -2.89. The highest BCUT2D eigenvalue weighted by molar-refractivity contribution is 5.78. The van der Waals surface area contributed by atoms with Gasteiger partial charge in [0, 0.05) is 12.0 Å². The van der Waals surface area contributed by atoms with Gasteiger partial charge in [-0.05, 0) is 30.7 Å². The highest BCUT2D eigenvalue weighted by atomic mass is 16.5. The summed E-state index contributed by atoms with van der Waals surface area (Å²) >= 11 is 0. The van der Waals surface area contributed by atoms with Crippen LogP contribution in [0.1, 0.15) is 30.5 Å². The molecule has 25 heavy (non-hydrogen) atoms. The van der Waals surface area contributed by atoms with Gasteiger partial charge in [0.2, 0.25) is 0 Å². The van der Waals surface area contributed by atoms with Gasteiger partial charge < -0.3 is 25.6 Å². The molecule has 2 aromatic rings. The lowest BCUT2D eigenvalue weighted by molar-refractivity contribution is 0.262. The average molecular weight is 341 g/mol. The molecule has 1 unspecified atom stereocenters. The predicted molar refractivity (Wildman–Crippen MR) is 97.0 cm³/mol. The summed E-state index contributed by atoms with van der Waals surface area (Å²) in [6.07, 6.45) is 0.834. The molecule has 6 heteroatoms. The van der Waals surface area contributed by atoms with E-state index in [1.165, 1.54) is 0 Å². The van der Waals surface area contributed by atoms with E-state index in [1.807, 2.05) is 31.2 Å². The number of para-hydroxylation sites is 1. The zero-order chi connectivity index (χ0) is 17.6. The molecule has 132 valence electrons. The lowest BCUT2D eigenvalue weighted by Crippen LogP contribution is -2.37. The zero-order valence-electron chi connectivity index (χ0n) is 14.2. The number of phenols is 1. The predicted octanol–water partition coefficient (Wildman–Crippen LogP) is 2.72. The van der Waals surface area contributed by atoms with Gasteiger partial charge in [-0.1, -0.05) is 24.3 Å². The number of guanidine groups is 1. The van der Waals surface area contributed by atoms with Crippen molar-refractivity contribution in [2.24, 2.45) is 10.7 Å². The van der Waals surface area contributed by atoms with E-state index in [9.17, 15) is 5.11 Å². The molecule has 0 saturated carbocycles. The Morgan fingerprint density at radius 2 is 2.20 bits per heavy atom. The van der Waals surface area contributed by atoms with E-state index >= 15 is 0 Å². The van der Waals surface area contributed by atoms with Crippen LogP contribution in [0.5, 0.6) is 17.2 Å². The van der Waals surface area contributed by atoms with Gasteiger partial charge in [0.15, 0.2) is 17.5 Å². The van der Waals surface area contributed by atoms with Gasteiger partial charge in [-0.2, -0.15) is 0 Å². The van der Waals surface area contributed by atoms with Crippen molar-refractivity contribution < 1.29 is 14.6 Å². The minimum absolute atomic E-state index is 0.0903. The van der Waals surface area contributed by atoms with Gasteiger partial charge >= 0.3 is 0 Å². The summed E-state index contributed by atoms with van der Waals surface area (Å²) in [6, 6.07) is 13.2. The third-order valence-corrected chi connectivity index (χ3v) is 4.04. The summed E-state index contributed by atoms with van der Waals surface area (Å²) < 4.78 is 11.0. The van der Waals surface area contributed by atoms with Gasteiger partial charge in [0.05, 0.1) is 25.8 Å². The van der Waals surface area contributed by atoms with Crippen molar-refractivity contribution >= 4 is 5.96 Å². The maximum absolute atomic E-state index is 9.74. The second-order valence-electron chi connectivity index (χ2n) is 5.81. The fourth-order valence-corrected chi connectivity index (χ4v) is 2.82. The van der Waals surface area contributed by atoms with Crippen LogP contribution >= 0.6 is 0 Å². The molecule has 1 aliphatic rings. The Bertz CT molecular complexity index is 761. The maximum atomic E-state index is 9.74. The first-order valence-corrected chi connectivity index (χ1v) is 8.40. The van der Waals surface area contributed by atoms with Crippen molar-refractivity contribution in [1.82, 2.24) is 5.32 Å². The first kappa shape index (κ1) is 17.0. The summed E-state index contributed by atoms with van der Waals surface area (Å²) in [5.41, 5.74) is 8.06. The van der Waals surface area contributed by atoms with Crippen LogP contribution in [0.2, 0.25) is 0 Å². The molecule has 0 radical (unpaired) electrons. The minimum atomic E-state index is 0.0903. The van der Waals surface area contributed by atoms with E-state index in [4.69, 9.17) is 15.2 Å². The molecule has 6 nitrogen and oxygen atoms in total. The summed E-state index contributed by atoms with van der Waals surface area (Å²) in [7, 11) is 0. The van der Waals surface area contributed by atoms with Crippen LogP contribution < -0.4 is 20.5 Å². The van der Waals surface area contributed by atoms with Gasteiger partial charge in [-0.3, -0.25) is 0 Å². The van der Waals surface area contributed by atoms with Crippen molar-refractivity contribution in [3.05, 3.63) is 53.6 Å². The second-order valence-corrected chi connectivity index (χ2v) is 5.81. The molecular formula is C19H23N3O3. The Balaban J connectivity index is 1.66. The molecule has 1 atom stereocenters. The van der Waals surface area contributed by atoms with Crippen LogP contribution in [0.15, 0.2) is 47.5 Å². The Kier molecular flexibility index (Phi) is 5.28. The fraction of sp³-hybridized carbons (Fsp3) is 0.316. The number of benzene rings is 2. The maximum Gasteiger partial charge on any atom is 0.189 e. The third kappa shape index (κ3) is 4.15. The van der Waals surface area contributed by atoms with Crippen molar-refractivity contribution in [1.29, 1.82) is 0 Å². The van der Waals surface area contributed by atoms with Gasteiger partial charge in [0.25, 0.3) is 0 Å². The Labute approximate surface area is 147 Å². The summed E-state index contributed by atoms with van der Waals surface area (Å²) in [5.74, 6) is 1.85. The smallest absolute Gasteiger partial charge is 0.189 e. The lowest BCUT2D eigenvalue weighted by atomic mass is 10.0. The number of aromatic hydroxyl groups is 1. The van der Waals surface area contributed by atoms with E-state index in [-0.39, 0.29) is 11.8 Å². The van der Waals surface area contributed by atoms with E-state index in [0.29, 0.717) is 31.5 Å². The number of nitrogens with one attached hydrogen (secondary N) is 1. The topological polar surface area (TPSA) is 89.1 Å². The van der Waals surface area contributed by atoms with Crippen molar-refractivity contribution in [2.75, 3.05) is 13.2 Å². The van der Waals surface area contributed by atoms with E-state index < -0.39 is 0 Å². The zero-order valence-corrected chi connectivity index (χ0v) is 14.2. The molecule has 3 rings (SSSR count). The van der Waals surface area contributed by atoms with Crippen molar-refractivity contribution in [2.45, 2.75) is 25.9 Å². The lowest BCUT2D eigenvalue weighted by Gasteiger charge is -2.26. The van der Waals surface area contributed by atoms with E-state index in [1.54, 1.807) is 18.2 Å². The Morgan fingerprint density at radius 1 is 1.36 bits per heavy atom. The number of rotatable bonds is 5. The molecule has 0 aliphatic carbocycles. The molecule has 1 aliphatic heterocycles. The largest absolute Gasteiger partial charge is 0.504 e. The summed E-state index contributed by atoms with van der Waals surface area (Å²) in [6.45, 7) is 3.42. The average Bonchev–Trinajstić information content (AvgIpc) is 2.63. The van der Waals surface area contributed by atoms with Crippen LogP contribution in [0.25, 0.3) is 0 Å². The minimum Gasteiger partial charge on any atom is -0.504 e. The van der Waals surface area contributed by atoms with Crippen LogP contribution in [-0.2, 0) is 6.54 Å². The first-order valence-electron chi connectivity index (χ1n) is 8.40. The summed E-state index contributed by atoms with van der Waals surface area (Å²) in [5, 5.41) is 13.0. The molecule has 0 spiro atoms. The summed E-state index contributed by atoms with van der Waals surface area (Å²) in [4.78, 5) is 4.40. The molecule has 0 fully saturated rings. The quantitative estimate of drug-likeness (QED) is 0.575. The van der Waals surface area contributed by atoms with Crippen molar-refractivity contribution in [3.8, 4) is 17.2 Å². The second kappa shape index (κ2) is 7.79. The first-order chi connectivity index (χ1) is 12.2. The molecule has 0 bridgehead atoms. The third-order valence-electron chi connectivity index (χ3n) is 4.04. The number of fused-ring (bicyclic) bond motifs is 1. The molecule has 0 aromatic heterocycles. The molecular weight excluding hydrogens is 318 g/mol. The van der Waals surface area contributed by atoms with E-state index in [2.05, 4.69) is 10.3 Å². The van der Waals surface area contributed by atoms with Gasteiger partial charge in [-0.15, -0.1) is 0 Å². The number of ether oxygens (including phenoxy) is 2. The molecule has 0 amide bonds. The van der Waals surface area contributed by atoms with Crippen LogP contribution in [-0.4, -0.2) is 24.3 Å². The SMILES string of the molecule is CCOc1cc(CN=C(N)NC2CCOc3ccccc32)ccc1O. The highest BCUT2D eigenvalue weighted by Crippen LogP contribution is 2.31. The normalized spacial score (nSPS) is 16.7. The number of hydrogen-bond donors (Lipinski definition) is 3. The number of aliphatic imine (C=N–C) groups is 1. The van der Waals surface area contributed by atoms with Gasteiger partial charge in [0.1, 0.15) is 5.75 Å². The Morgan fingerprint density at radius 3 is 3.04 bits per heavy atom. The number of nitrogens with zero attached hydrogens (tertiary/aromatic N) is 1. The molecule has 4 N–H and O–H groups in total. The molecule has 1 heterocycles. The highest BCUT2D eigenvalue weighted by Gasteiger charge is 2.21. The number of hydrogen-bond acceptors (Lipinski definition) is 4.